The molecule has 2 rings (SSSR count). The van der Waals surface area contributed by atoms with Gasteiger partial charge in [-0.2, -0.15) is 4.39 Å². The Balaban J connectivity index is 2.12. The smallest absolute Gasteiger partial charge is 0.200 e. The monoisotopic (exact) mass is 361 g/mol. The number of aryl methyl sites for hydroxylation is 1. The van der Waals surface area contributed by atoms with Crippen LogP contribution in [-0.2, 0) is 13.2 Å². The van der Waals surface area contributed by atoms with Crippen molar-refractivity contribution in [3.63, 3.8) is 0 Å². The van der Waals surface area contributed by atoms with E-state index in [1.54, 1.807) is 11.3 Å². The lowest BCUT2D eigenvalue weighted by Gasteiger charge is -2.08. The first-order chi connectivity index (χ1) is 9.51. The van der Waals surface area contributed by atoms with Crippen molar-refractivity contribution in [2.45, 2.75) is 20.1 Å². The molecule has 2 nitrogen and oxygen atoms in total. The Labute approximate surface area is 128 Å². The molecule has 1 heterocycles. The minimum Gasteiger partial charge on any atom is -0.486 e. The first-order valence-corrected chi connectivity index (χ1v) is 7.62. The van der Waals surface area contributed by atoms with Crippen molar-refractivity contribution in [3.05, 3.63) is 49.6 Å². The highest BCUT2D eigenvalue weighted by molar-refractivity contribution is 9.10. The summed E-state index contributed by atoms with van der Waals surface area (Å²) in [6, 6.07) is 4.51. The molecule has 0 atom stereocenters. The highest BCUT2D eigenvalue weighted by Crippen LogP contribution is 2.28. The van der Waals surface area contributed by atoms with Gasteiger partial charge in [-0.05, 0) is 32.2 Å². The summed E-state index contributed by atoms with van der Waals surface area (Å²) in [6.07, 6.45) is 0. The van der Waals surface area contributed by atoms with Crippen molar-refractivity contribution in [2.24, 2.45) is 0 Å². The molecular weight excluding hydrogens is 348 g/mol. The van der Waals surface area contributed by atoms with E-state index >= 15 is 0 Å². The third kappa shape index (κ3) is 3.56. The summed E-state index contributed by atoms with van der Waals surface area (Å²) in [7, 11) is 1.88. The minimum absolute atomic E-state index is 0.0855. The van der Waals surface area contributed by atoms with Gasteiger partial charge in [-0.1, -0.05) is 15.9 Å². The van der Waals surface area contributed by atoms with E-state index in [0.29, 0.717) is 4.47 Å². The summed E-state index contributed by atoms with van der Waals surface area (Å²) in [5.74, 6) is -1.97. The predicted octanol–water partition coefficient (Wildman–Crippen LogP) is 4.40. The van der Waals surface area contributed by atoms with Gasteiger partial charge in [-0.25, -0.2) is 4.39 Å². The van der Waals surface area contributed by atoms with Crippen LogP contribution >= 0.6 is 27.3 Å². The van der Waals surface area contributed by atoms with Gasteiger partial charge in [0.25, 0.3) is 0 Å². The number of halogens is 3. The SMILES string of the molecule is CNCc1cc(COc2cc(Br)cc(F)c2F)c(C)s1. The zero-order chi connectivity index (χ0) is 14.7. The van der Waals surface area contributed by atoms with Crippen LogP contribution in [0.3, 0.4) is 0 Å². The molecule has 0 bridgehead atoms. The molecule has 0 aliphatic carbocycles. The molecule has 0 saturated heterocycles. The highest BCUT2D eigenvalue weighted by Gasteiger charge is 2.13. The summed E-state index contributed by atoms with van der Waals surface area (Å²) >= 11 is 4.78. The Hall–Kier alpha value is -0.980. The Bertz CT molecular complexity index is 615. The lowest BCUT2D eigenvalue weighted by Crippen LogP contribution is -2.03. The molecule has 2 aromatic rings. The van der Waals surface area contributed by atoms with Crippen molar-refractivity contribution in [1.82, 2.24) is 5.32 Å². The maximum Gasteiger partial charge on any atom is 0.200 e. The topological polar surface area (TPSA) is 21.3 Å². The number of benzene rings is 1. The van der Waals surface area contributed by atoms with E-state index in [2.05, 4.69) is 21.2 Å². The molecule has 1 N–H and O–H groups in total. The maximum atomic E-state index is 13.6. The van der Waals surface area contributed by atoms with Crippen molar-refractivity contribution < 1.29 is 13.5 Å². The fourth-order valence-electron chi connectivity index (χ4n) is 1.79. The molecule has 1 aromatic heterocycles. The van der Waals surface area contributed by atoms with E-state index in [1.807, 2.05) is 20.0 Å². The molecule has 0 aliphatic heterocycles. The molecule has 0 aliphatic rings. The quantitative estimate of drug-likeness (QED) is 0.797. The van der Waals surface area contributed by atoms with Gasteiger partial charge in [-0.15, -0.1) is 11.3 Å². The second-order valence-electron chi connectivity index (χ2n) is 4.31. The number of rotatable bonds is 5. The van der Waals surface area contributed by atoms with Crippen LogP contribution in [0.25, 0.3) is 0 Å². The second kappa shape index (κ2) is 6.65. The van der Waals surface area contributed by atoms with Gasteiger partial charge in [0, 0.05) is 26.3 Å². The number of hydrogen-bond donors (Lipinski definition) is 1. The van der Waals surface area contributed by atoms with Crippen molar-refractivity contribution >= 4 is 27.3 Å². The predicted molar refractivity (Wildman–Crippen MR) is 80.2 cm³/mol. The zero-order valence-corrected chi connectivity index (χ0v) is 13.5. The van der Waals surface area contributed by atoms with Crippen LogP contribution in [0, 0.1) is 18.6 Å². The molecule has 0 spiro atoms. The molecule has 0 unspecified atom stereocenters. The largest absolute Gasteiger partial charge is 0.486 e. The Morgan fingerprint density at radius 2 is 2.05 bits per heavy atom. The molecule has 6 heteroatoms. The van der Waals surface area contributed by atoms with Gasteiger partial charge in [0.05, 0.1) is 0 Å². The minimum atomic E-state index is -0.962. The zero-order valence-electron chi connectivity index (χ0n) is 11.1. The average Bonchev–Trinajstić information content (AvgIpc) is 2.73. The first-order valence-electron chi connectivity index (χ1n) is 6.01. The molecule has 108 valence electrons. The van der Waals surface area contributed by atoms with Crippen LogP contribution in [0.15, 0.2) is 22.7 Å². The van der Waals surface area contributed by atoms with E-state index in [-0.39, 0.29) is 12.4 Å². The van der Waals surface area contributed by atoms with Gasteiger partial charge < -0.3 is 10.1 Å². The van der Waals surface area contributed by atoms with E-state index in [9.17, 15) is 8.78 Å². The second-order valence-corrected chi connectivity index (χ2v) is 6.57. The Kier molecular flexibility index (Phi) is 5.12. The first kappa shape index (κ1) is 15.4. The van der Waals surface area contributed by atoms with Crippen LogP contribution < -0.4 is 10.1 Å². The van der Waals surface area contributed by atoms with Gasteiger partial charge in [0.15, 0.2) is 11.6 Å². The number of ether oxygens (including phenoxy) is 1. The van der Waals surface area contributed by atoms with Gasteiger partial charge in [0.1, 0.15) is 6.61 Å². The molecule has 0 radical (unpaired) electrons. The van der Waals surface area contributed by atoms with Crippen LogP contribution in [-0.4, -0.2) is 7.05 Å². The Morgan fingerprint density at radius 1 is 1.30 bits per heavy atom. The lowest BCUT2D eigenvalue weighted by atomic mass is 10.2. The third-order valence-electron chi connectivity index (χ3n) is 2.77. The summed E-state index contributed by atoms with van der Waals surface area (Å²) in [4.78, 5) is 2.30. The average molecular weight is 362 g/mol. The van der Waals surface area contributed by atoms with Crippen LogP contribution in [0.2, 0.25) is 0 Å². The Morgan fingerprint density at radius 3 is 2.75 bits per heavy atom. The van der Waals surface area contributed by atoms with Crippen LogP contribution in [0.5, 0.6) is 5.75 Å². The van der Waals surface area contributed by atoms with Crippen LogP contribution in [0.4, 0.5) is 8.78 Å². The van der Waals surface area contributed by atoms with Crippen LogP contribution in [0.1, 0.15) is 15.3 Å². The van der Waals surface area contributed by atoms with Gasteiger partial charge >= 0.3 is 0 Å². The molecule has 1 aromatic carbocycles. The van der Waals surface area contributed by atoms with Crippen molar-refractivity contribution in [1.29, 1.82) is 0 Å². The summed E-state index contributed by atoms with van der Waals surface area (Å²) in [5, 5.41) is 3.08. The highest BCUT2D eigenvalue weighted by atomic mass is 79.9. The lowest BCUT2D eigenvalue weighted by molar-refractivity contribution is 0.284. The van der Waals surface area contributed by atoms with E-state index in [4.69, 9.17) is 4.74 Å². The molecular formula is C14H14BrF2NOS. The van der Waals surface area contributed by atoms with Gasteiger partial charge in [0.2, 0.25) is 5.82 Å². The van der Waals surface area contributed by atoms with Gasteiger partial charge in [-0.3, -0.25) is 0 Å². The number of hydrogen-bond acceptors (Lipinski definition) is 3. The molecule has 0 saturated carbocycles. The van der Waals surface area contributed by atoms with Crippen molar-refractivity contribution in [2.75, 3.05) is 7.05 Å². The maximum absolute atomic E-state index is 13.6. The molecule has 20 heavy (non-hydrogen) atoms. The number of nitrogens with one attached hydrogen (secondary N) is 1. The third-order valence-corrected chi connectivity index (χ3v) is 4.32. The van der Waals surface area contributed by atoms with E-state index in [0.717, 1.165) is 23.1 Å². The number of thiophene rings is 1. The summed E-state index contributed by atoms with van der Waals surface area (Å²) < 4.78 is 32.7. The fourth-order valence-corrected chi connectivity index (χ4v) is 3.25. The van der Waals surface area contributed by atoms with Crippen molar-refractivity contribution in [3.8, 4) is 5.75 Å². The summed E-state index contributed by atoms with van der Waals surface area (Å²) in [5.41, 5.74) is 0.986. The summed E-state index contributed by atoms with van der Waals surface area (Å²) in [6.45, 7) is 2.99. The molecule has 0 fully saturated rings. The normalized spacial score (nSPS) is 10.8. The van der Waals surface area contributed by atoms with E-state index in [1.165, 1.54) is 10.9 Å². The standard InChI is InChI=1S/C14H14BrF2NOS/c1-8-9(3-11(20-8)6-18-2)7-19-13-5-10(15)4-12(16)14(13)17/h3-5,18H,6-7H2,1-2H3. The van der Waals surface area contributed by atoms with E-state index < -0.39 is 11.6 Å². The fraction of sp³-hybridized carbons (Fsp3) is 0.286. The molecule has 0 amide bonds.